The van der Waals surface area contributed by atoms with Crippen molar-refractivity contribution >= 4 is 16.8 Å². The van der Waals surface area contributed by atoms with Gasteiger partial charge in [0.25, 0.3) is 5.91 Å². The Morgan fingerprint density at radius 2 is 2.15 bits per heavy atom. The van der Waals surface area contributed by atoms with Crippen molar-refractivity contribution in [2.24, 2.45) is 5.92 Å². The van der Waals surface area contributed by atoms with Crippen molar-refractivity contribution < 1.29 is 4.79 Å². The van der Waals surface area contributed by atoms with Gasteiger partial charge in [0, 0.05) is 29.7 Å². The lowest BCUT2D eigenvalue weighted by Crippen LogP contribution is -2.39. The number of carbonyl (C=O) groups excluding carboxylic acids is 1. The third-order valence-electron chi connectivity index (χ3n) is 4.30. The smallest absolute Gasteiger partial charge is 0.256 e. The van der Waals surface area contributed by atoms with Crippen LogP contribution in [0.3, 0.4) is 0 Å². The topological polar surface area (TPSA) is 36.1 Å². The van der Waals surface area contributed by atoms with Crippen molar-refractivity contribution in [1.29, 1.82) is 0 Å². The summed E-state index contributed by atoms with van der Waals surface area (Å²) in [5, 5.41) is 1.05. The number of hydrogen-bond acceptors (Lipinski definition) is 1. The summed E-state index contributed by atoms with van der Waals surface area (Å²) < 4.78 is 0. The van der Waals surface area contributed by atoms with E-state index in [4.69, 9.17) is 0 Å². The summed E-state index contributed by atoms with van der Waals surface area (Å²) in [6.45, 7) is 8.07. The molecule has 1 N–H and O–H groups in total. The molecule has 1 unspecified atom stereocenters. The summed E-state index contributed by atoms with van der Waals surface area (Å²) in [5.74, 6) is 0.796. The molecule has 0 spiro atoms. The SMILES string of the molecule is Cc1ccc2c(C(=O)N3CCCC(C)C3)c(C)[nH]c2c1. The molecular weight excluding hydrogens is 248 g/mol. The number of aryl methyl sites for hydroxylation is 2. The standard InChI is InChI=1S/C17H22N2O/c1-11-6-7-14-15(9-11)18-13(3)16(14)17(20)19-8-4-5-12(2)10-19/h6-7,9,12,18H,4-5,8,10H2,1-3H3. The van der Waals surface area contributed by atoms with Gasteiger partial charge in [-0.3, -0.25) is 4.79 Å². The molecule has 3 nitrogen and oxygen atoms in total. The van der Waals surface area contributed by atoms with Gasteiger partial charge in [-0.2, -0.15) is 0 Å². The van der Waals surface area contributed by atoms with Crippen LogP contribution in [0.2, 0.25) is 0 Å². The quantitative estimate of drug-likeness (QED) is 0.843. The Morgan fingerprint density at radius 1 is 1.35 bits per heavy atom. The Morgan fingerprint density at radius 3 is 2.90 bits per heavy atom. The molecule has 20 heavy (non-hydrogen) atoms. The van der Waals surface area contributed by atoms with Gasteiger partial charge in [-0.1, -0.05) is 19.1 Å². The lowest BCUT2D eigenvalue weighted by atomic mass is 9.99. The predicted octanol–water partition coefficient (Wildman–Crippen LogP) is 3.66. The Kier molecular flexibility index (Phi) is 3.28. The van der Waals surface area contributed by atoms with Crippen molar-refractivity contribution in [2.75, 3.05) is 13.1 Å². The molecule has 0 saturated carbocycles. The number of nitrogens with zero attached hydrogens (tertiary/aromatic N) is 1. The van der Waals surface area contributed by atoms with Crippen molar-refractivity contribution in [1.82, 2.24) is 9.88 Å². The highest BCUT2D eigenvalue weighted by molar-refractivity contribution is 6.08. The molecule has 1 atom stereocenters. The van der Waals surface area contributed by atoms with Crippen LogP contribution in [0.1, 0.15) is 41.4 Å². The zero-order valence-electron chi connectivity index (χ0n) is 12.5. The molecule has 3 heteroatoms. The second-order valence-electron chi connectivity index (χ2n) is 6.17. The number of carbonyl (C=O) groups is 1. The van der Waals surface area contributed by atoms with Crippen LogP contribution < -0.4 is 0 Å². The summed E-state index contributed by atoms with van der Waals surface area (Å²) in [7, 11) is 0. The Labute approximate surface area is 120 Å². The minimum Gasteiger partial charge on any atom is -0.358 e. The summed E-state index contributed by atoms with van der Waals surface area (Å²) in [4.78, 5) is 18.2. The highest BCUT2D eigenvalue weighted by Gasteiger charge is 2.25. The van der Waals surface area contributed by atoms with Gasteiger partial charge in [0.2, 0.25) is 0 Å². The van der Waals surface area contributed by atoms with Gasteiger partial charge >= 0.3 is 0 Å². The lowest BCUT2D eigenvalue weighted by Gasteiger charge is -2.31. The molecule has 1 aliphatic rings. The van der Waals surface area contributed by atoms with E-state index in [2.05, 4.69) is 37.0 Å². The van der Waals surface area contributed by atoms with E-state index in [1.807, 2.05) is 11.8 Å². The average Bonchev–Trinajstić information content (AvgIpc) is 2.73. The zero-order valence-corrected chi connectivity index (χ0v) is 12.5. The number of H-pyrrole nitrogens is 1. The fraction of sp³-hybridized carbons (Fsp3) is 0.471. The van der Waals surface area contributed by atoms with E-state index in [1.165, 1.54) is 12.0 Å². The third-order valence-corrected chi connectivity index (χ3v) is 4.30. The van der Waals surface area contributed by atoms with Crippen LogP contribution in [0, 0.1) is 19.8 Å². The van der Waals surface area contributed by atoms with Crippen molar-refractivity contribution in [3.8, 4) is 0 Å². The van der Waals surface area contributed by atoms with Gasteiger partial charge in [0.1, 0.15) is 0 Å². The second kappa shape index (κ2) is 4.97. The summed E-state index contributed by atoms with van der Waals surface area (Å²) in [6.07, 6.45) is 2.35. The fourth-order valence-electron chi connectivity index (χ4n) is 3.25. The fourth-order valence-corrected chi connectivity index (χ4v) is 3.25. The first-order chi connectivity index (χ1) is 9.56. The predicted molar refractivity (Wildman–Crippen MR) is 82.1 cm³/mol. The molecule has 1 aliphatic heterocycles. The molecule has 3 rings (SSSR count). The van der Waals surface area contributed by atoms with Gasteiger partial charge in [-0.05, 0) is 44.2 Å². The maximum Gasteiger partial charge on any atom is 0.256 e. The second-order valence-corrected chi connectivity index (χ2v) is 6.17. The average molecular weight is 270 g/mol. The van der Waals surface area contributed by atoms with Crippen LogP contribution in [-0.2, 0) is 0 Å². The number of nitrogens with one attached hydrogen (secondary N) is 1. The molecule has 1 amide bonds. The molecule has 0 radical (unpaired) electrons. The van der Waals surface area contributed by atoms with E-state index in [1.54, 1.807) is 0 Å². The first-order valence-electron chi connectivity index (χ1n) is 7.44. The van der Waals surface area contributed by atoms with Crippen LogP contribution in [0.4, 0.5) is 0 Å². The van der Waals surface area contributed by atoms with Crippen molar-refractivity contribution in [3.05, 3.63) is 35.0 Å². The Hall–Kier alpha value is -1.77. The van der Waals surface area contributed by atoms with Gasteiger partial charge in [-0.15, -0.1) is 0 Å². The van der Waals surface area contributed by atoms with E-state index < -0.39 is 0 Å². The van der Waals surface area contributed by atoms with Crippen LogP contribution in [0.5, 0.6) is 0 Å². The first-order valence-corrected chi connectivity index (χ1v) is 7.44. The minimum absolute atomic E-state index is 0.184. The number of fused-ring (bicyclic) bond motifs is 1. The summed E-state index contributed by atoms with van der Waals surface area (Å²) >= 11 is 0. The minimum atomic E-state index is 0.184. The molecule has 1 saturated heterocycles. The Balaban J connectivity index is 2.00. The van der Waals surface area contributed by atoms with Crippen LogP contribution in [0.15, 0.2) is 18.2 Å². The van der Waals surface area contributed by atoms with E-state index in [0.29, 0.717) is 5.92 Å². The number of hydrogen-bond donors (Lipinski definition) is 1. The van der Waals surface area contributed by atoms with Crippen LogP contribution in [-0.4, -0.2) is 28.9 Å². The molecule has 0 bridgehead atoms. The molecular formula is C17H22N2O. The maximum atomic E-state index is 12.8. The maximum absolute atomic E-state index is 12.8. The van der Waals surface area contributed by atoms with Crippen molar-refractivity contribution in [3.63, 3.8) is 0 Å². The van der Waals surface area contributed by atoms with Gasteiger partial charge in [0.15, 0.2) is 0 Å². The number of benzene rings is 1. The van der Waals surface area contributed by atoms with Crippen LogP contribution >= 0.6 is 0 Å². The molecule has 1 fully saturated rings. The lowest BCUT2D eigenvalue weighted by molar-refractivity contribution is 0.0684. The summed E-state index contributed by atoms with van der Waals surface area (Å²) in [6, 6.07) is 6.25. The van der Waals surface area contributed by atoms with Gasteiger partial charge in [-0.25, -0.2) is 0 Å². The Bertz CT molecular complexity index is 656. The molecule has 2 aromatic rings. The molecule has 0 aliphatic carbocycles. The van der Waals surface area contributed by atoms with E-state index in [0.717, 1.165) is 41.7 Å². The molecule has 106 valence electrons. The van der Waals surface area contributed by atoms with E-state index in [-0.39, 0.29) is 5.91 Å². The number of rotatable bonds is 1. The number of amides is 1. The number of aromatic amines is 1. The van der Waals surface area contributed by atoms with E-state index >= 15 is 0 Å². The summed E-state index contributed by atoms with van der Waals surface area (Å²) in [5.41, 5.74) is 4.11. The number of likely N-dealkylation sites (tertiary alicyclic amines) is 1. The zero-order chi connectivity index (χ0) is 14.3. The van der Waals surface area contributed by atoms with E-state index in [9.17, 15) is 4.79 Å². The van der Waals surface area contributed by atoms with Crippen molar-refractivity contribution in [2.45, 2.75) is 33.6 Å². The number of piperidine rings is 1. The monoisotopic (exact) mass is 270 g/mol. The number of aromatic nitrogens is 1. The van der Waals surface area contributed by atoms with Crippen LogP contribution in [0.25, 0.3) is 10.9 Å². The normalized spacial score (nSPS) is 19.6. The first kappa shape index (κ1) is 13.2. The molecule has 2 heterocycles. The highest BCUT2D eigenvalue weighted by Crippen LogP contribution is 2.26. The third kappa shape index (κ3) is 2.21. The largest absolute Gasteiger partial charge is 0.358 e. The molecule has 1 aromatic carbocycles. The van der Waals surface area contributed by atoms with Gasteiger partial charge < -0.3 is 9.88 Å². The highest BCUT2D eigenvalue weighted by atomic mass is 16.2. The van der Waals surface area contributed by atoms with Gasteiger partial charge in [0.05, 0.1) is 5.56 Å². The molecule has 1 aromatic heterocycles.